The van der Waals surface area contributed by atoms with Gasteiger partial charge in [0.2, 0.25) is 5.95 Å². The Morgan fingerprint density at radius 1 is 1.29 bits per heavy atom. The number of pyridine rings is 1. The molecule has 0 spiro atoms. The van der Waals surface area contributed by atoms with Crippen molar-refractivity contribution in [2.24, 2.45) is 5.73 Å². The molecule has 0 amide bonds. The summed E-state index contributed by atoms with van der Waals surface area (Å²) < 4.78 is 8.10. The predicted octanol–water partition coefficient (Wildman–Crippen LogP) is 2.57. The Hall–Kier alpha value is -2.12. The number of nitrogens with two attached hydrogens (primary N) is 1. The Kier molecular flexibility index (Phi) is 4.03. The van der Waals surface area contributed by atoms with Crippen LogP contribution in [0.15, 0.2) is 47.1 Å². The highest BCUT2D eigenvalue weighted by atomic mass is 79.9. The molecule has 0 atom stereocenters. The van der Waals surface area contributed by atoms with Gasteiger partial charge in [-0.15, -0.1) is 5.10 Å². The van der Waals surface area contributed by atoms with Crippen LogP contribution in [-0.4, -0.2) is 27.7 Å². The first-order chi connectivity index (χ1) is 10.3. The van der Waals surface area contributed by atoms with Crippen LogP contribution in [-0.2, 0) is 0 Å². The number of aromatic nitrogens is 3. The quantitative estimate of drug-likeness (QED) is 0.741. The van der Waals surface area contributed by atoms with Gasteiger partial charge in [0, 0.05) is 24.5 Å². The molecule has 0 aliphatic rings. The molecule has 108 valence electrons. The Morgan fingerprint density at radius 3 is 3.00 bits per heavy atom. The fraction of sp³-hybridized carbons (Fsp3) is 0.143. The van der Waals surface area contributed by atoms with E-state index in [1.807, 2.05) is 42.6 Å². The molecular weight excluding hydrogens is 334 g/mol. The van der Waals surface area contributed by atoms with Gasteiger partial charge in [-0.05, 0) is 40.2 Å². The lowest BCUT2D eigenvalue weighted by Crippen LogP contribution is -2.10. The lowest BCUT2D eigenvalue weighted by atomic mass is 10.3. The van der Waals surface area contributed by atoms with Crippen molar-refractivity contribution in [2.75, 3.05) is 18.5 Å². The molecule has 1 aromatic carbocycles. The summed E-state index contributed by atoms with van der Waals surface area (Å²) in [4.78, 5) is 4.43. The summed E-state index contributed by atoms with van der Waals surface area (Å²) >= 11 is 3.45. The van der Waals surface area contributed by atoms with E-state index in [4.69, 9.17) is 10.5 Å². The van der Waals surface area contributed by atoms with E-state index in [2.05, 4.69) is 31.3 Å². The normalized spacial score (nSPS) is 10.8. The Labute approximate surface area is 130 Å². The summed E-state index contributed by atoms with van der Waals surface area (Å²) in [5.41, 5.74) is 7.05. The first kappa shape index (κ1) is 13.8. The molecule has 3 rings (SSSR count). The molecule has 0 saturated carbocycles. The number of nitrogens with one attached hydrogen (secondary N) is 1. The number of nitrogens with zero attached hydrogens (tertiary/aromatic N) is 3. The number of halogens is 1. The third-order valence-corrected chi connectivity index (χ3v) is 3.41. The number of hydrogen-bond acceptors (Lipinski definition) is 5. The fourth-order valence-electron chi connectivity index (χ4n) is 1.90. The highest BCUT2D eigenvalue weighted by Crippen LogP contribution is 2.22. The Morgan fingerprint density at radius 2 is 2.19 bits per heavy atom. The minimum absolute atomic E-state index is 0.486. The van der Waals surface area contributed by atoms with E-state index in [0.29, 0.717) is 19.1 Å². The number of anilines is 2. The van der Waals surface area contributed by atoms with Gasteiger partial charge in [0.15, 0.2) is 5.65 Å². The van der Waals surface area contributed by atoms with Crippen molar-refractivity contribution in [1.82, 2.24) is 14.6 Å². The smallest absolute Gasteiger partial charge is 0.247 e. The molecule has 0 bridgehead atoms. The SMILES string of the molecule is NCCOc1cccc(Nc2nc3c(Br)cccn3n2)c1. The molecule has 7 heteroatoms. The van der Waals surface area contributed by atoms with Gasteiger partial charge in [-0.1, -0.05) is 6.07 Å². The van der Waals surface area contributed by atoms with Crippen molar-refractivity contribution >= 4 is 33.2 Å². The molecule has 2 heterocycles. The zero-order valence-corrected chi connectivity index (χ0v) is 12.7. The van der Waals surface area contributed by atoms with E-state index in [-0.39, 0.29) is 0 Å². The predicted molar refractivity (Wildman–Crippen MR) is 85.0 cm³/mol. The first-order valence-electron chi connectivity index (χ1n) is 6.47. The van der Waals surface area contributed by atoms with Gasteiger partial charge < -0.3 is 15.8 Å². The van der Waals surface area contributed by atoms with E-state index in [0.717, 1.165) is 21.6 Å². The number of ether oxygens (including phenoxy) is 1. The number of rotatable bonds is 5. The van der Waals surface area contributed by atoms with Crippen LogP contribution in [0.3, 0.4) is 0 Å². The van der Waals surface area contributed by atoms with E-state index >= 15 is 0 Å². The molecule has 0 saturated heterocycles. The highest BCUT2D eigenvalue weighted by Gasteiger charge is 2.06. The van der Waals surface area contributed by atoms with Crippen LogP contribution >= 0.6 is 15.9 Å². The Bertz CT molecular complexity index is 758. The molecule has 6 nitrogen and oxygen atoms in total. The van der Waals surface area contributed by atoms with Crippen LogP contribution < -0.4 is 15.8 Å². The topological polar surface area (TPSA) is 77.5 Å². The lowest BCUT2D eigenvalue weighted by Gasteiger charge is -2.06. The van der Waals surface area contributed by atoms with Crippen LogP contribution in [0.25, 0.3) is 5.65 Å². The van der Waals surface area contributed by atoms with Gasteiger partial charge in [0.05, 0.1) is 4.47 Å². The zero-order chi connectivity index (χ0) is 14.7. The number of hydrogen-bond donors (Lipinski definition) is 2. The molecule has 3 N–H and O–H groups in total. The van der Waals surface area contributed by atoms with Gasteiger partial charge in [-0.3, -0.25) is 0 Å². The fourth-order valence-corrected chi connectivity index (χ4v) is 2.32. The average molecular weight is 348 g/mol. The zero-order valence-electron chi connectivity index (χ0n) is 11.2. The second-order valence-electron chi connectivity index (χ2n) is 4.35. The number of fused-ring (bicyclic) bond motifs is 1. The summed E-state index contributed by atoms with van der Waals surface area (Å²) in [5, 5.41) is 7.53. The average Bonchev–Trinajstić information content (AvgIpc) is 2.89. The summed E-state index contributed by atoms with van der Waals surface area (Å²) in [6, 6.07) is 11.4. The van der Waals surface area contributed by atoms with Crippen molar-refractivity contribution < 1.29 is 4.74 Å². The van der Waals surface area contributed by atoms with Crippen molar-refractivity contribution in [3.05, 3.63) is 47.1 Å². The lowest BCUT2D eigenvalue weighted by molar-refractivity contribution is 0.328. The molecule has 3 aromatic rings. The molecule has 0 radical (unpaired) electrons. The van der Waals surface area contributed by atoms with E-state index in [1.54, 1.807) is 4.52 Å². The van der Waals surface area contributed by atoms with E-state index < -0.39 is 0 Å². The second-order valence-corrected chi connectivity index (χ2v) is 5.20. The van der Waals surface area contributed by atoms with E-state index in [1.165, 1.54) is 0 Å². The van der Waals surface area contributed by atoms with Gasteiger partial charge in [-0.25, -0.2) is 4.52 Å². The number of benzene rings is 1. The third kappa shape index (κ3) is 3.14. The van der Waals surface area contributed by atoms with Crippen LogP contribution in [0.1, 0.15) is 0 Å². The molecular formula is C14H14BrN5O. The summed E-state index contributed by atoms with van der Waals surface area (Å²) in [6.07, 6.45) is 1.85. The summed E-state index contributed by atoms with van der Waals surface area (Å²) in [6.45, 7) is 0.975. The van der Waals surface area contributed by atoms with Crippen LogP contribution in [0.5, 0.6) is 5.75 Å². The maximum absolute atomic E-state index is 5.49. The van der Waals surface area contributed by atoms with Gasteiger partial charge in [-0.2, -0.15) is 4.98 Å². The summed E-state index contributed by atoms with van der Waals surface area (Å²) in [5.74, 6) is 1.29. The van der Waals surface area contributed by atoms with Gasteiger partial charge in [0.25, 0.3) is 0 Å². The van der Waals surface area contributed by atoms with Crippen LogP contribution in [0.2, 0.25) is 0 Å². The highest BCUT2D eigenvalue weighted by molar-refractivity contribution is 9.10. The standard InChI is InChI=1S/C14H14BrN5O/c15-12-5-2-7-20-13(12)18-14(19-20)17-10-3-1-4-11(9-10)21-8-6-16/h1-5,7,9H,6,8,16H2,(H,17,19). The molecule has 0 aliphatic carbocycles. The van der Waals surface area contributed by atoms with E-state index in [9.17, 15) is 0 Å². The Balaban J connectivity index is 1.83. The summed E-state index contributed by atoms with van der Waals surface area (Å²) in [7, 11) is 0. The minimum atomic E-state index is 0.486. The maximum Gasteiger partial charge on any atom is 0.247 e. The molecule has 0 aliphatic heterocycles. The third-order valence-electron chi connectivity index (χ3n) is 2.79. The second kappa shape index (κ2) is 6.11. The van der Waals surface area contributed by atoms with Crippen LogP contribution in [0, 0.1) is 0 Å². The minimum Gasteiger partial charge on any atom is -0.492 e. The van der Waals surface area contributed by atoms with Crippen molar-refractivity contribution in [3.63, 3.8) is 0 Å². The monoisotopic (exact) mass is 347 g/mol. The molecule has 2 aromatic heterocycles. The molecule has 21 heavy (non-hydrogen) atoms. The van der Waals surface area contributed by atoms with Crippen molar-refractivity contribution in [2.45, 2.75) is 0 Å². The van der Waals surface area contributed by atoms with Gasteiger partial charge in [0.1, 0.15) is 12.4 Å². The maximum atomic E-state index is 5.49. The molecule has 0 fully saturated rings. The van der Waals surface area contributed by atoms with Gasteiger partial charge >= 0.3 is 0 Å². The first-order valence-corrected chi connectivity index (χ1v) is 7.26. The van der Waals surface area contributed by atoms with Crippen molar-refractivity contribution in [1.29, 1.82) is 0 Å². The van der Waals surface area contributed by atoms with Crippen LogP contribution in [0.4, 0.5) is 11.6 Å². The molecule has 0 unspecified atom stereocenters. The van der Waals surface area contributed by atoms with Crippen molar-refractivity contribution in [3.8, 4) is 5.75 Å². The largest absolute Gasteiger partial charge is 0.492 e.